The highest BCUT2D eigenvalue weighted by Crippen LogP contribution is 2.29. The Morgan fingerprint density at radius 1 is 1.19 bits per heavy atom. The van der Waals surface area contributed by atoms with Gasteiger partial charge in [-0.1, -0.05) is 13.0 Å². The first-order valence-corrected chi connectivity index (χ1v) is 8.18. The zero-order valence-corrected chi connectivity index (χ0v) is 15.2. The first kappa shape index (κ1) is 21.4. The van der Waals surface area contributed by atoms with Crippen LogP contribution in [0.3, 0.4) is 0 Å². The van der Waals surface area contributed by atoms with Gasteiger partial charge in [0.1, 0.15) is 6.04 Å². The summed E-state index contributed by atoms with van der Waals surface area (Å²) >= 11 is 0. The molecule has 1 aromatic carbocycles. The summed E-state index contributed by atoms with van der Waals surface area (Å²) in [6.45, 7) is 2.45. The molecule has 0 saturated heterocycles. The Morgan fingerprint density at radius 2 is 1.88 bits per heavy atom. The summed E-state index contributed by atoms with van der Waals surface area (Å²) in [5.41, 5.74) is 0.551. The monoisotopic (exact) mass is 370 g/mol. The van der Waals surface area contributed by atoms with Crippen molar-refractivity contribution >= 4 is 17.9 Å². The first-order valence-electron chi connectivity index (χ1n) is 8.18. The third-order valence-corrected chi connectivity index (χ3v) is 3.58. The fourth-order valence-corrected chi connectivity index (χ4v) is 1.95. The van der Waals surface area contributed by atoms with Crippen molar-refractivity contribution in [3.8, 4) is 11.5 Å². The Bertz CT molecular complexity index is 650. The molecule has 2 N–H and O–H groups in total. The molecule has 0 spiro atoms. The number of ether oxygens (including phenoxy) is 2. The predicted octanol–water partition coefficient (Wildman–Crippen LogP) is 2.73. The normalized spacial score (nSPS) is 13.3. The van der Waals surface area contributed by atoms with Crippen LogP contribution in [-0.2, 0) is 9.59 Å². The van der Waals surface area contributed by atoms with Crippen molar-refractivity contribution in [1.29, 1.82) is 0 Å². The van der Waals surface area contributed by atoms with Gasteiger partial charge in [0.15, 0.2) is 11.5 Å². The van der Waals surface area contributed by atoms with Gasteiger partial charge in [0.2, 0.25) is 11.8 Å². The average Bonchev–Trinajstić information content (AvgIpc) is 2.59. The second-order valence-electron chi connectivity index (χ2n) is 5.67. The molecule has 1 rings (SSSR count). The van der Waals surface area contributed by atoms with Gasteiger partial charge >= 0.3 is 6.61 Å². The maximum absolute atomic E-state index is 12.3. The Labute approximate surface area is 151 Å². The third kappa shape index (κ3) is 7.08. The second kappa shape index (κ2) is 10.4. The van der Waals surface area contributed by atoms with Crippen LogP contribution in [0.5, 0.6) is 11.5 Å². The number of carbonyl (C=O) groups excluding carboxylic acids is 2. The van der Waals surface area contributed by atoms with E-state index in [1.165, 1.54) is 37.5 Å². The van der Waals surface area contributed by atoms with Crippen LogP contribution in [0, 0.1) is 0 Å². The van der Waals surface area contributed by atoms with Crippen molar-refractivity contribution in [2.45, 2.75) is 45.9 Å². The van der Waals surface area contributed by atoms with E-state index in [9.17, 15) is 18.4 Å². The molecule has 0 unspecified atom stereocenters. The molecule has 144 valence electrons. The molecule has 0 heterocycles. The number of nitrogens with one attached hydrogen (secondary N) is 2. The van der Waals surface area contributed by atoms with Crippen LogP contribution in [0.2, 0.25) is 0 Å². The molecule has 0 aliphatic carbocycles. The SMILES string of the molecule is CC[C@H](C)NC(=O)[C@@H](C)NC(=O)/C=C\c1ccc(OC(F)F)c(OC)c1. The lowest BCUT2D eigenvalue weighted by Crippen LogP contribution is -2.46. The van der Waals surface area contributed by atoms with Crippen LogP contribution < -0.4 is 20.1 Å². The van der Waals surface area contributed by atoms with Crippen LogP contribution in [-0.4, -0.2) is 37.6 Å². The maximum Gasteiger partial charge on any atom is 0.387 e. The minimum Gasteiger partial charge on any atom is -0.493 e. The summed E-state index contributed by atoms with van der Waals surface area (Å²) in [4.78, 5) is 23.8. The lowest BCUT2D eigenvalue weighted by molar-refractivity contribution is -0.127. The Balaban J connectivity index is 2.69. The van der Waals surface area contributed by atoms with E-state index in [0.29, 0.717) is 5.56 Å². The number of carbonyl (C=O) groups is 2. The second-order valence-corrected chi connectivity index (χ2v) is 5.67. The number of hydrogen-bond donors (Lipinski definition) is 2. The van der Waals surface area contributed by atoms with Gasteiger partial charge in [-0.25, -0.2) is 0 Å². The molecule has 6 nitrogen and oxygen atoms in total. The lowest BCUT2D eigenvalue weighted by Gasteiger charge is -2.16. The summed E-state index contributed by atoms with van der Waals surface area (Å²) in [7, 11) is 1.32. The van der Waals surface area contributed by atoms with Crippen molar-refractivity contribution in [3.63, 3.8) is 0 Å². The van der Waals surface area contributed by atoms with E-state index in [2.05, 4.69) is 15.4 Å². The smallest absolute Gasteiger partial charge is 0.387 e. The highest BCUT2D eigenvalue weighted by atomic mass is 19.3. The number of methoxy groups -OCH3 is 1. The lowest BCUT2D eigenvalue weighted by atomic mass is 10.2. The molecule has 0 fully saturated rings. The quantitative estimate of drug-likeness (QED) is 0.656. The highest BCUT2D eigenvalue weighted by Gasteiger charge is 2.15. The molecule has 0 aliphatic rings. The van der Waals surface area contributed by atoms with E-state index >= 15 is 0 Å². The number of alkyl halides is 2. The minimum atomic E-state index is -2.96. The van der Waals surface area contributed by atoms with E-state index < -0.39 is 18.6 Å². The zero-order chi connectivity index (χ0) is 19.7. The Kier molecular flexibility index (Phi) is 8.54. The largest absolute Gasteiger partial charge is 0.493 e. The minimum absolute atomic E-state index is 0.0267. The van der Waals surface area contributed by atoms with E-state index in [4.69, 9.17) is 4.74 Å². The van der Waals surface area contributed by atoms with Crippen LogP contribution >= 0.6 is 0 Å². The number of rotatable bonds is 9. The molecule has 0 bridgehead atoms. The topological polar surface area (TPSA) is 76.7 Å². The van der Waals surface area contributed by atoms with Crippen molar-refractivity contribution in [1.82, 2.24) is 10.6 Å². The van der Waals surface area contributed by atoms with Gasteiger partial charge in [0.25, 0.3) is 0 Å². The maximum atomic E-state index is 12.3. The van der Waals surface area contributed by atoms with Crippen molar-refractivity contribution in [2.24, 2.45) is 0 Å². The molecule has 2 amide bonds. The van der Waals surface area contributed by atoms with Crippen molar-refractivity contribution in [3.05, 3.63) is 29.8 Å². The Hall–Kier alpha value is -2.64. The number of hydrogen-bond acceptors (Lipinski definition) is 4. The molecule has 0 aliphatic heterocycles. The van der Waals surface area contributed by atoms with Gasteiger partial charge in [-0.05, 0) is 44.0 Å². The molecule has 26 heavy (non-hydrogen) atoms. The molecular weight excluding hydrogens is 346 g/mol. The average molecular weight is 370 g/mol. The zero-order valence-electron chi connectivity index (χ0n) is 15.2. The summed E-state index contributed by atoms with van der Waals surface area (Å²) in [6.07, 6.45) is 3.51. The van der Waals surface area contributed by atoms with E-state index in [-0.39, 0.29) is 23.4 Å². The van der Waals surface area contributed by atoms with Crippen LogP contribution in [0.4, 0.5) is 8.78 Å². The van der Waals surface area contributed by atoms with Crippen LogP contribution in [0.15, 0.2) is 24.3 Å². The fourth-order valence-electron chi connectivity index (χ4n) is 1.95. The summed E-state index contributed by atoms with van der Waals surface area (Å²) in [5, 5.41) is 5.33. The highest BCUT2D eigenvalue weighted by molar-refractivity contribution is 5.95. The van der Waals surface area contributed by atoms with E-state index in [1.807, 2.05) is 13.8 Å². The van der Waals surface area contributed by atoms with Gasteiger partial charge < -0.3 is 20.1 Å². The van der Waals surface area contributed by atoms with Gasteiger partial charge in [-0.15, -0.1) is 0 Å². The van der Waals surface area contributed by atoms with Crippen LogP contribution in [0.1, 0.15) is 32.8 Å². The molecule has 8 heteroatoms. The van der Waals surface area contributed by atoms with Crippen LogP contribution in [0.25, 0.3) is 6.08 Å². The first-order chi connectivity index (χ1) is 12.3. The predicted molar refractivity (Wildman–Crippen MR) is 94.2 cm³/mol. The van der Waals surface area contributed by atoms with E-state index in [0.717, 1.165) is 6.42 Å². The Morgan fingerprint density at radius 3 is 2.46 bits per heavy atom. The van der Waals surface area contributed by atoms with Gasteiger partial charge in [0.05, 0.1) is 7.11 Å². The molecule has 0 radical (unpaired) electrons. The molecule has 0 aromatic heterocycles. The fraction of sp³-hybridized carbons (Fsp3) is 0.444. The number of benzene rings is 1. The van der Waals surface area contributed by atoms with Gasteiger partial charge in [-0.2, -0.15) is 8.78 Å². The number of halogens is 2. The summed E-state index contributed by atoms with van der Waals surface area (Å²) in [5.74, 6) is -0.700. The van der Waals surface area contributed by atoms with Gasteiger partial charge in [-0.3, -0.25) is 9.59 Å². The molecule has 2 atom stereocenters. The third-order valence-electron chi connectivity index (χ3n) is 3.58. The van der Waals surface area contributed by atoms with Crippen molar-refractivity contribution in [2.75, 3.05) is 7.11 Å². The summed E-state index contributed by atoms with van der Waals surface area (Å²) in [6, 6.07) is 3.63. The molecule has 1 aromatic rings. The van der Waals surface area contributed by atoms with Gasteiger partial charge in [0, 0.05) is 12.1 Å². The molecule has 0 saturated carbocycles. The molecular formula is C18H24F2N2O4. The summed E-state index contributed by atoms with van der Waals surface area (Å²) < 4.78 is 33.9. The number of amides is 2. The standard InChI is InChI=1S/C18H24F2N2O4/c1-5-11(2)21-17(24)12(3)22-16(23)9-7-13-6-8-14(26-18(19)20)15(10-13)25-4/h6-12,18H,5H2,1-4H3,(H,21,24)(H,22,23)/b9-7-/t11-,12+/m0/s1. The van der Waals surface area contributed by atoms with E-state index in [1.54, 1.807) is 6.92 Å². The van der Waals surface area contributed by atoms with Crippen molar-refractivity contribution < 1.29 is 27.8 Å².